The van der Waals surface area contributed by atoms with E-state index < -0.39 is 0 Å². The number of piperazine rings is 1. The molecule has 26 heavy (non-hydrogen) atoms. The van der Waals surface area contributed by atoms with Crippen LogP contribution in [-0.2, 0) is 0 Å². The number of benzene rings is 1. The summed E-state index contributed by atoms with van der Waals surface area (Å²) in [4.78, 5) is 21.5. The molecule has 0 bridgehead atoms. The molecule has 1 fully saturated rings. The SMILES string of the molecule is COc1ccc(C(C)NC(=O)c2ccc(N3CCN(C)CC3)nc2)cc1. The lowest BCUT2D eigenvalue weighted by atomic mass is 10.1. The summed E-state index contributed by atoms with van der Waals surface area (Å²) in [5.74, 6) is 1.61. The minimum absolute atomic E-state index is 0.0919. The Morgan fingerprint density at radius 3 is 2.38 bits per heavy atom. The van der Waals surface area contributed by atoms with Crippen LogP contribution in [0.25, 0.3) is 0 Å². The van der Waals surface area contributed by atoms with Gasteiger partial charge in [-0.25, -0.2) is 4.98 Å². The fourth-order valence-electron chi connectivity index (χ4n) is 3.00. The number of hydrogen-bond donors (Lipinski definition) is 1. The number of amides is 1. The Morgan fingerprint density at radius 1 is 1.12 bits per heavy atom. The third-order valence-corrected chi connectivity index (χ3v) is 4.80. The number of ether oxygens (including phenoxy) is 1. The minimum atomic E-state index is -0.120. The molecule has 0 radical (unpaired) electrons. The molecule has 1 unspecified atom stereocenters. The fourth-order valence-corrected chi connectivity index (χ4v) is 3.00. The third kappa shape index (κ3) is 4.32. The van der Waals surface area contributed by atoms with E-state index in [4.69, 9.17) is 4.74 Å². The molecule has 1 aromatic carbocycles. The number of likely N-dealkylation sites (N-methyl/N-ethyl adjacent to an activating group) is 1. The van der Waals surface area contributed by atoms with Gasteiger partial charge in [0, 0.05) is 32.4 Å². The number of pyridine rings is 1. The van der Waals surface area contributed by atoms with Crippen molar-refractivity contribution in [1.29, 1.82) is 0 Å². The zero-order valence-corrected chi connectivity index (χ0v) is 15.6. The van der Waals surface area contributed by atoms with E-state index >= 15 is 0 Å². The number of nitrogens with zero attached hydrogens (tertiary/aromatic N) is 3. The van der Waals surface area contributed by atoms with Gasteiger partial charge in [0.25, 0.3) is 5.91 Å². The topological polar surface area (TPSA) is 57.7 Å². The quantitative estimate of drug-likeness (QED) is 0.893. The molecule has 1 saturated heterocycles. The predicted octanol–water partition coefficient (Wildman–Crippen LogP) is 2.33. The summed E-state index contributed by atoms with van der Waals surface area (Å²) in [5.41, 5.74) is 1.60. The van der Waals surface area contributed by atoms with E-state index in [0.29, 0.717) is 5.56 Å². The molecule has 6 heteroatoms. The number of carbonyl (C=O) groups is 1. The van der Waals surface area contributed by atoms with E-state index in [0.717, 1.165) is 43.3 Å². The molecule has 1 aromatic heterocycles. The van der Waals surface area contributed by atoms with Crippen molar-refractivity contribution in [3.8, 4) is 5.75 Å². The normalized spacial score (nSPS) is 16.2. The van der Waals surface area contributed by atoms with Crippen LogP contribution >= 0.6 is 0 Å². The molecule has 138 valence electrons. The Balaban J connectivity index is 1.60. The van der Waals surface area contributed by atoms with Crippen LogP contribution in [0, 0.1) is 0 Å². The Labute approximate surface area is 154 Å². The average Bonchev–Trinajstić information content (AvgIpc) is 2.68. The highest BCUT2D eigenvalue weighted by Crippen LogP contribution is 2.18. The van der Waals surface area contributed by atoms with Crippen molar-refractivity contribution in [3.63, 3.8) is 0 Å². The van der Waals surface area contributed by atoms with E-state index in [9.17, 15) is 4.79 Å². The van der Waals surface area contributed by atoms with Crippen LogP contribution in [0.3, 0.4) is 0 Å². The number of nitrogens with one attached hydrogen (secondary N) is 1. The zero-order valence-electron chi connectivity index (χ0n) is 15.6. The van der Waals surface area contributed by atoms with Crippen molar-refractivity contribution in [2.45, 2.75) is 13.0 Å². The van der Waals surface area contributed by atoms with Gasteiger partial charge in [-0.2, -0.15) is 0 Å². The lowest BCUT2D eigenvalue weighted by molar-refractivity contribution is 0.0939. The minimum Gasteiger partial charge on any atom is -0.497 e. The van der Waals surface area contributed by atoms with Gasteiger partial charge in [0.1, 0.15) is 11.6 Å². The molecule has 0 spiro atoms. The molecule has 2 heterocycles. The molecule has 1 aliphatic rings. The van der Waals surface area contributed by atoms with Gasteiger partial charge in [0.15, 0.2) is 0 Å². The van der Waals surface area contributed by atoms with Crippen LogP contribution in [0.4, 0.5) is 5.82 Å². The molecule has 1 amide bonds. The average molecular weight is 354 g/mol. The maximum absolute atomic E-state index is 12.5. The Morgan fingerprint density at radius 2 is 1.81 bits per heavy atom. The first-order chi connectivity index (χ1) is 12.6. The summed E-state index contributed by atoms with van der Waals surface area (Å²) in [7, 11) is 3.77. The summed E-state index contributed by atoms with van der Waals surface area (Å²) in [5, 5.41) is 3.01. The van der Waals surface area contributed by atoms with Crippen LogP contribution in [0.5, 0.6) is 5.75 Å². The van der Waals surface area contributed by atoms with Crippen molar-refractivity contribution in [1.82, 2.24) is 15.2 Å². The molecule has 0 aliphatic carbocycles. The molecular formula is C20H26N4O2. The van der Waals surface area contributed by atoms with Crippen LogP contribution in [-0.4, -0.2) is 56.1 Å². The van der Waals surface area contributed by atoms with Gasteiger partial charge in [-0.1, -0.05) is 12.1 Å². The fraction of sp³-hybridized carbons (Fsp3) is 0.400. The highest BCUT2D eigenvalue weighted by Gasteiger charge is 2.16. The molecule has 1 atom stereocenters. The third-order valence-electron chi connectivity index (χ3n) is 4.80. The van der Waals surface area contributed by atoms with Crippen LogP contribution < -0.4 is 15.0 Å². The number of anilines is 1. The molecular weight excluding hydrogens is 328 g/mol. The lowest BCUT2D eigenvalue weighted by Gasteiger charge is -2.33. The number of rotatable bonds is 5. The highest BCUT2D eigenvalue weighted by atomic mass is 16.5. The van der Waals surface area contributed by atoms with E-state index in [1.165, 1.54) is 0 Å². The summed E-state index contributed by atoms with van der Waals surface area (Å²) in [6, 6.07) is 11.4. The summed E-state index contributed by atoms with van der Waals surface area (Å²) in [6.07, 6.45) is 1.66. The Kier molecular flexibility index (Phi) is 5.73. The smallest absolute Gasteiger partial charge is 0.253 e. The van der Waals surface area contributed by atoms with Crippen LogP contribution in [0.2, 0.25) is 0 Å². The van der Waals surface area contributed by atoms with Gasteiger partial charge in [-0.05, 0) is 43.8 Å². The molecule has 1 aliphatic heterocycles. The first-order valence-corrected chi connectivity index (χ1v) is 8.91. The van der Waals surface area contributed by atoms with E-state index in [2.05, 4.69) is 27.1 Å². The van der Waals surface area contributed by atoms with Gasteiger partial charge >= 0.3 is 0 Å². The van der Waals surface area contributed by atoms with Crippen LogP contribution in [0.1, 0.15) is 28.9 Å². The lowest BCUT2D eigenvalue weighted by Crippen LogP contribution is -2.44. The molecule has 6 nitrogen and oxygen atoms in total. The van der Waals surface area contributed by atoms with Gasteiger partial charge in [0.05, 0.1) is 18.7 Å². The van der Waals surface area contributed by atoms with Crippen molar-refractivity contribution < 1.29 is 9.53 Å². The molecule has 0 saturated carbocycles. The van der Waals surface area contributed by atoms with E-state index in [1.54, 1.807) is 13.3 Å². The summed E-state index contributed by atoms with van der Waals surface area (Å²) < 4.78 is 5.16. The molecule has 1 N–H and O–H groups in total. The van der Waals surface area contributed by atoms with Crippen molar-refractivity contribution >= 4 is 11.7 Å². The van der Waals surface area contributed by atoms with E-state index in [-0.39, 0.29) is 11.9 Å². The second kappa shape index (κ2) is 8.19. The summed E-state index contributed by atoms with van der Waals surface area (Å²) in [6.45, 7) is 5.95. The van der Waals surface area contributed by atoms with Gasteiger partial charge < -0.3 is 19.9 Å². The largest absolute Gasteiger partial charge is 0.497 e. The van der Waals surface area contributed by atoms with E-state index in [1.807, 2.05) is 43.3 Å². The first kappa shape index (κ1) is 18.2. The molecule has 3 rings (SSSR count). The van der Waals surface area contributed by atoms with Gasteiger partial charge in [0.2, 0.25) is 0 Å². The predicted molar refractivity (Wildman–Crippen MR) is 103 cm³/mol. The van der Waals surface area contributed by atoms with Crippen molar-refractivity contribution in [3.05, 3.63) is 53.7 Å². The first-order valence-electron chi connectivity index (χ1n) is 8.91. The molecule has 2 aromatic rings. The number of aromatic nitrogens is 1. The summed E-state index contributed by atoms with van der Waals surface area (Å²) >= 11 is 0. The number of methoxy groups -OCH3 is 1. The maximum Gasteiger partial charge on any atom is 0.253 e. The monoisotopic (exact) mass is 354 g/mol. The van der Waals surface area contributed by atoms with Gasteiger partial charge in [-0.15, -0.1) is 0 Å². The van der Waals surface area contributed by atoms with Crippen LogP contribution in [0.15, 0.2) is 42.6 Å². The second-order valence-corrected chi connectivity index (χ2v) is 6.66. The second-order valence-electron chi connectivity index (χ2n) is 6.66. The van der Waals surface area contributed by atoms with Gasteiger partial charge in [-0.3, -0.25) is 4.79 Å². The Bertz CT molecular complexity index is 722. The zero-order chi connectivity index (χ0) is 18.5. The maximum atomic E-state index is 12.5. The Hall–Kier alpha value is -2.60. The highest BCUT2D eigenvalue weighted by molar-refractivity contribution is 5.94. The number of carbonyl (C=O) groups excluding carboxylic acids is 1. The van der Waals surface area contributed by atoms with Crippen molar-refractivity contribution in [2.75, 3.05) is 45.2 Å². The van der Waals surface area contributed by atoms with Crippen molar-refractivity contribution in [2.24, 2.45) is 0 Å². The number of hydrogen-bond acceptors (Lipinski definition) is 5. The standard InChI is InChI=1S/C20H26N4O2/c1-15(16-4-7-18(26-3)8-5-16)22-20(25)17-6-9-19(21-14-17)24-12-10-23(2)11-13-24/h4-9,14-15H,10-13H2,1-3H3,(H,22,25).